The molecule has 0 amide bonds. The molecule has 0 saturated carbocycles. The number of hydrogen-bond donors (Lipinski definition) is 1. The van der Waals surface area contributed by atoms with Gasteiger partial charge < -0.3 is 10.5 Å². The number of nitrogens with two attached hydrogens (primary N) is 1. The van der Waals surface area contributed by atoms with Gasteiger partial charge in [0.2, 0.25) is 0 Å². The molecule has 2 aromatic rings. The Hall–Kier alpha value is -2.22. The standard InChI is InChI=1S/C15H10Cl2N2O2/c16-12-4-3-10(6-14(12)19)15(20)21-8-11-2-1-9(7-18)5-13(11)17/h1-6H,8,19H2. The van der Waals surface area contributed by atoms with Crippen LogP contribution in [-0.4, -0.2) is 5.97 Å². The molecule has 21 heavy (non-hydrogen) atoms. The van der Waals surface area contributed by atoms with E-state index in [0.717, 1.165) is 0 Å². The molecule has 0 aliphatic carbocycles. The van der Waals surface area contributed by atoms with Gasteiger partial charge in [0.25, 0.3) is 0 Å². The van der Waals surface area contributed by atoms with Crippen molar-refractivity contribution in [2.24, 2.45) is 0 Å². The van der Waals surface area contributed by atoms with Crippen molar-refractivity contribution in [2.45, 2.75) is 6.61 Å². The third-order valence-electron chi connectivity index (χ3n) is 2.77. The van der Waals surface area contributed by atoms with E-state index in [1.807, 2.05) is 6.07 Å². The van der Waals surface area contributed by atoms with Crippen molar-refractivity contribution in [1.29, 1.82) is 5.26 Å². The number of nitrogens with zero attached hydrogens (tertiary/aromatic N) is 1. The van der Waals surface area contributed by atoms with E-state index in [-0.39, 0.29) is 6.61 Å². The molecule has 0 aromatic heterocycles. The van der Waals surface area contributed by atoms with Crippen LogP contribution in [0.25, 0.3) is 0 Å². The molecule has 0 saturated heterocycles. The molecule has 0 spiro atoms. The SMILES string of the molecule is N#Cc1ccc(COC(=O)c2ccc(Cl)c(N)c2)c(Cl)c1. The Morgan fingerprint density at radius 2 is 1.95 bits per heavy atom. The highest BCUT2D eigenvalue weighted by Crippen LogP contribution is 2.21. The van der Waals surface area contributed by atoms with Crippen LogP contribution in [0.1, 0.15) is 21.5 Å². The summed E-state index contributed by atoms with van der Waals surface area (Å²) < 4.78 is 5.16. The summed E-state index contributed by atoms with van der Waals surface area (Å²) in [6.45, 7) is 0.00586. The van der Waals surface area contributed by atoms with Gasteiger partial charge in [0.15, 0.2) is 0 Å². The molecule has 0 aliphatic heterocycles. The van der Waals surface area contributed by atoms with Crippen LogP contribution in [0.15, 0.2) is 36.4 Å². The monoisotopic (exact) mass is 320 g/mol. The maximum atomic E-state index is 11.9. The first-order valence-electron chi connectivity index (χ1n) is 5.92. The van der Waals surface area contributed by atoms with Gasteiger partial charge in [-0.1, -0.05) is 29.3 Å². The number of nitrogen functional groups attached to an aromatic ring is 1. The second kappa shape index (κ2) is 6.49. The fourth-order valence-corrected chi connectivity index (χ4v) is 1.98. The third kappa shape index (κ3) is 3.66. The third-order valence-corrected chi connectivity index (χ3v) is 3.47. The van der Waals surface area contributed by atoms with E-state index in [0.29, 0.717) is 32.4 Å². The van der Waals surface area contributed by atoms with Crippen LogP contribution in [0.5, 0.6) is 0 Å². The Kier molecular flexibility index (Phi) is 4.69. The average molecular weight is 321 g/mol. The summed E-state index contributed by atoms with van der Waals surface area (Å²) in [5.74, 6) is -0.529. The summed E-state index contributed by atoms with van der Waals surface area (Å²) in [7, 11) is 0. The Balaban J connectivity index is 2.07. The van der Waals surface area contributed by atoms with E-state index in [2.05, 4.69) is 0 Å². The van der Waals surface area contributed by atoms with Gasteiger partial charge in [-0.2, -0.15) is 5.26 Å². The summed E-state index contributed by atoms with van der Waals surface area (Å²) in [5, 5.41) is 9.50. The number of halogens is 2. The highest BCUT2D eigenvalue weighted by molar-refractivity contribution is 6.33. The molecule has 106 valence electrons. The second-order valence-electron chi connectivity index (χ2n) is 4.23. The highest BCUT2D eigenvalue weighted by atomic mass is 35.5. The predicted octanol–water partition coefficient (Wildman–Crippen LogP) is 3.80. The molecule has 0 heterocycles. The van der Waals surface area contributed by atoms with E-state index in [4.69, 9.17) is 38.9 Å². The first-order chi connectivity index (χ1) is 10.0. The maximum absolute atomic E-state index is 11.9. The molecule has 0 radical (unpaired) electrons. The number of benzene rings is 2. The van der Waals surface area contributed by atoms with Crippen LogP contribution in [0.2, 0.25) is 10.0 Å². The number of carbonyl (C=O) groups excluding carboxylic acids is 1. The van der Waals surface area contributed by atoms with Crippen LogP contribution in [-0.2, 0) is 11.3 Å². The largest absolute Gasteiger partial charge is 0.457 e. The molecule has 6 heteroatoms. The quantitative estimate of drug-likeness (QED) is 0.689. The van der Waals surface area contributed by atoms with Crippen molar-refractivity contribution < 1.29 is 9.53 Å². The lowest BCUT2D eigenvalue weighted by molar-refractivity contribution is 0.0473. The van der Waals surface area contributed by atoms with Crippen LogP contribution in [0, 0.1) is 11.3 Å². The van der Waals surface area contributed by atoms with Gasteiger partial charge in [-0.05, 0) is 30.3 Å². The summed E-state index contributed by atoms with van der Waals surface area (Å²) in [5.41, 5.74) is 7.31. The summed E-state index contributed by atoms with van der Waals surface area (Å²) in [6, 6.07) is 11.3. The van der Waals surface area contributed by atoms with Crippen molar-refractivity contribution >= 4 is 34.9 Å². The Morgan fingerprint density at radius 1 is 1.19 bits per heavy atom. The van der Waals surface area contributed by atoms with Crippen molar-refractivity contribution in [2.75, 3.05) is 5.73 Å². The fourth-order valence-electron chi connectivity index (χ4n) is 1.63. The number of hydrogen-bond acceptors (Lipinski definition) is 4. The molecule has 0 atom stereocenters. The minimum absolute atomic E-state index is 0.00586. The lowest BCUT2D eigenvalue weighted by Crippen LogP contribution is -2.06. The van der Waals surface area contributed by atoms with Crippen molar-refractivity contribution in [1.82, 2.24) is 0 Å². The summed E-state index contributed by atoms with van der Waals surface area (Å²) in [4.78, 5) is 11.9. The minimum atomic E-state index is -0.529. The van der Waals surface area contributed by atoms with Gasteiger partial charge in [0.05, 0.1) is 27.9 Å². The first-order valence-corrected chi connectivity index (χ1v) is 6.67. The van der Waals surface area contributed by atoms with E-state index in [9.17, 15) is 4.79 Å². The lowest BCUT2D eigenvalue weighted by Gasteiger charge is -2.08. The highest BCUT2D eigenvalue weighted by Gasteiger charge is 2.10. The average Bonchev–Trinajstić information content (AvgIpc) is 2.48. The number of ether oxygens (including phenoxy) is 1. The molecule has 2 aromatic carbocycles. The zero-order valence-electron chi connectivity index (χ0n) is 10.8. The molecular weight excluding hydrogens is 311 g/mol. The number of nitriles is 1. The maximum Gasteiger partial charge on any atom is 0.338 e. The smallest absolute Gasteiger partial charge is 0.338 e. The minimum Gasteiger partial charge on any atom is -0.457 e. The second-order valence-corrected chi connectivity index (χ2v) is 5.04. The van der Waals surface area contributed by atoms with Crippen molar-refractivity contribution in [3.63, 3.8) is 0 Å². The lowest BCUT2D eigenvalue weighted by atomic mass is 10.1. The van der Waals surface area contributed by atoms with E-state index < -0.39 is 5.97 Å². The van der Waals surface area contributed by atoms with Crippen LogP contribution in [0.4, 0.5) is 5.69 Å². The Morgan fingerprint density at radius 3 is 2.57 bits per heavy atom. The molecule has 0 aliphatic rings. The Labute approximate surface area is 131 Å². The van der Waals surface area contributed by atoms with Crippen molar-refractivity contribution in [3.8, 4) is 6.07 Å². The number of anilines is 1. The molecule has 4 nitrogen and oxygen atoms in total. The molecule has 2 N–H and O–H groups in total. The molecule has 0 fully saturated rings. The normalized spacial score (nSPS) is 9.95. The van der Waals surface area contributed by atoms with E-state index in [1.54, 1.807) is 12.1 Å². The summed E-state index contributed by atoms with van der Waals surface area (Å²) >= 11 is 11.8. The zero-order valence-corrected chi connectivity index (χ0v) is 12.3. The van der Waals surface area contributed by atoms with Gasteiger partial charge in [0, 0.05) is 10.6 Å². The van der Waals surface area contributed by atoms with Crippen LogP contribution in [0.3, 0.4) is 0 Å². The molecule has 0 bridgehead atoms. The fraction of sp³-hybridized carbons (Fsp3) is 0.0667. The van der Waals surface area contributed by atoms with Crippen LogP contribution >= 0.6 is 23.2 Å². The van der Waals surface area contributed by atoms with E-state index >= 15 is 0 Å². The number of carbonyl (C=O) groups is 1. The van der Waals surface area contributed by atoms with Crippen molar-refractivity contribution in [3.05, 3.63) is 63.1 Å². The van der Waals surface area contributed by atoms with E-state index in [1.165, 1.54) is 24.3 Å². The van der Waals surface area contributed by atoms with Gasteiger partial charge in [-0.3, -0.25) is 0 Å². The van der Waals surface area contributed by atoms with Crippen LogP contribution < -0.4 is 5.73 Å². The zero-order chi connectivity index (χ0) is 15.4. The Bertz CT molecular complexity index is 739. The van der Waals surface area contributed by atoms with Gasteiger partial charge in [-0.15, -0.1) is 0 Å². The predicted molar refractivity (Wildman–Crippen MR) is 81.2 cm³/mol. The topological polar surface area (TPSA) is 76.1 Å². The molecule has 2 rings (SSSR count). The molecule has 0 unspecified atom stereocenters. The van der Waals surface area contributed by atoms with Gasteiger partial charge in [-0.25, -0.2) is 4.79 Å². The number of rotatable bonds is 3. The van der Waals surface area contributed by atoms with Gasteiger partial charge in [0.1, 0.15) is 6.61 Å². The number of esters is 1. The molecular formula is C15H10Cl2N2O2. The first kappa shape index (κ1) is 15.2. The van der Waals surface area contributed by atoms with Gasteiger partial charge >= 0.3 is 5.97 Å². The summed E-state index contributed by atoms with van der Waals surface area (Å²) in [6.07, 6.45) is 0.